The average Bonchev–Trinajstić information content (AvgIpc) is 2.86. The molecule has 3 N–H and O–H groups in total. The molecule has 0 bridgehead atoms. The Labute approximate surface area is 206 Å². The molecule has 9 nitrogen and oxygen atoms in total. The number of rotatable bonds is 10. The largest absolute Gasteiger partial charge is 0.493 e. The molecule has 0 fully saturated rings. The van der Waals surface area contributed by atoms with Crippen molar-refractivity contribution in [3.8, 4) is 29.1 Å². The van der Waals surface area contributed by atoms with Gasteiger partial charge in [0.15, 0.2) is 11.5 Å². The fourth-order valence-electron chi connectivity index (χ4n) is 4.66. The van der Waals surface area contributed by atoms with Crippen molar-refractivity contribution in [3.05, 3.63) is 56.8 Å². The summed E-state index contributed by atoms with van der Waals surface area (Å²) < 4.78 is 24.0. The maximum absolute atomic E-state index is 13.8. The van der Waals surface area contributed by atoms with E-state index < -0.39 is 5.92 Å². The van der Waals surface area contributed by atoms with Crippen LogP contribution in [0, 0.1) is 18.3 Å². The van der Waals surface area contributed by atoms with Gasteiger partial charge >= 0.3 is 0 Å². The summed E-state index contributed by atoms with van der Waals surface area (Å²) in [7, 11) is 4.55. The normalized spacial score (nSPS) is 14.9. The Hall–Kier alpha value is -3.64. The third-order valence-corrected chi connectivity index (χ3v) is 6.62. The Bertz CT molecular complexity index is 1180. The summed E-state index contributed by atoms with van der Waals surface area (Å²) in [5.41, 5.74) is 7.87. The van der Waals surface area contributed by atoms with Gasteiger partial charge < -0.3 is 34.1 Å². The van der Waals surface area contributed by atoms with Gasteiger partial charge in [0, 0.05) is 24.7 Å². The Balaban J connectivity index is 2.18. The molecular weight excluding hydrogens is 448 g/mol. The van der Waals surface area contributed by atoms with E-state index >= 15 is 0 Å². The first-order chi connectivity index (χ1) is 16.8. The van der Waals surface area contributed by atoms with Gasteiger partial charge in [-0.15, -0.1) is 0 Å². The van der Waals surface area contributed by atoms with Gasteiger partial charge in [-0.2, -0.15) is 5.26 Å². The number of allylic oxidation sites excluding steroid dienone is 1. The number of aryl methyl sites for hydroxylation is 1. The lowest BCUT2D eigenvalue weighted by molar-refractivity contribution is -0.896. The highest BCUT2D eigenvalue weighted by Gasteiger charge is 2.35. The number of fused-ring (bicyclic) bond motifs is 1. The van der Waals surface area contributed by atoms with Crippen LogP contribution in [-0.4, -0.2) is 45.5 Å². The second-order valence-corrected chi connectivity index (χ2v) is 8.46. The number of pyridine rings is 1. The van der Waals surface area contributed by atoms with E-state index in [-0.39, 0.29) is 17.0 Å². The molecule has 0 radical (unpaired) electrons. The summed E-state index contributed by atoms with van der Waals surface area (Å²) in [6.07, 6.45) is 0.856. The molecule has 2 heterocycles. The zero-order valence-corrected chi connectivity index (χ0v) is 21.4. The number of hydrogen-bond acceptors (Lipinski definition) is 7. The van der Waals surface area contributed by atoms with Gasteiger partial charge in [-0.1, -0.05) is 0 Å². The molecule has 1 aliphatic heterocycles. The first kappa shape index (κ1) is 26.0. The van der Waals surface area contributed by atoms with Gasteiger partial charge in [-0.25, -0.2) is 0 Å². The van der Waals surface area contributed by atoms with Crippen molar-refractivity contribution in [2.45, 2.75) is 39.7 Å². The van der Waals surface area contributed by atoms with Crippen molar-refractivity contribution in [2.75, 3.05) is 41.0 Å². The van der Waals surface area contributed by atoms with Crippen LogP contribution in [0.3, 0.4) is 0 Å². The molecule has 0 saturated heterocycles. The number of hydrogen-bond donors (Lipinski definition) is 2. The van der Waals surface area contributed by atoms with Crippen molar-refractivity contribution >= 4 is 0 Å². The third kappa shape index (κ3) is 4.93. The number of quaternary nitrogens is 1. The Morgan fingerprint density at radius 1 is 1.11 bits per heavy atom. The summed E-state index contributed by atoms with van der Waals surface area (Å²) in [6, 6.07) is 7.43. The first-order valence-corrected chi connectivity index (χ1v) is 11.8. The lowest BCUT2D eigenvalue weighted by atomic mass is 9.83. The molecule has 1 aromatic carbocycles. The van der Waals surface area contributed by atoms with E-state index in [4.69, 9.17) is 24.7 Å². The monoisotopic (exact) mass is 483 g/mol. The van der Waals surface area contributed by atoms with Crippen LogP contribution in [-0.2, 0) is 6.54 Å². The van der Waals surface area contributed by atoms with Crippen LogP contribution in [0.4, 0.5) is 0 Å². The molecule has 3 rings (SSSR count). The number of methoxy groups -OCH3 is 3. The minimum absolute atomic E-state index is 0.0274. The minimum Gasteiger partial charge on any atom is -0.493 e. The summed E-state index contributed by atoms with van der Waals surface area (Å²) in [6.45, 7) is 9.83. The Kier molecular flexibility index (Phi) is 8.30. The molecule has 0 spiro atoms. The Morgan fingerprint density at radius 2 is 1.74 bits per heavy atom. The molecule has 1 atom stereocenters. The summed E-state index contributed by atoms with van der Waals surface area (Å²) in [5.74, 6) is 0.835. The molecule has 0 amide bonds. The van der Waals surface area contributed by atoms with Crippen LogP contribution >= 0.6 is 0 Å². The highest BCUT2D eigenvalue weighted by Crippen LogP contribution is 2.46. The van der Waals surface area contributed by atoms with Crippen LogP contribution in [0.15, 0.2) is 34.4 Å². The molecule has 9 heteroatoms. The van der Waals surface area contributed by atoms with Crippen LogP contribution in [0.25, 0.3) is 0 Å². The van der Waals surface area contributed by atoms with Crippen molar-refractivity contribution < 1.29 is 23.8 Å². The smallest absolute Gasteiger partial charge is 0.258 e. The number of nitrogens with one attached hydrogen (secondary N) is 1. The highest BCUT2D eigenvalue weighted by atomic mass is 16.5. The molecule has 0 aliphatic carbocycles. The lowest BCUT2D eigenvalue weighted by Crippen LogP contribution is -3.11. The number of aromatic nitrogens is 1. The molecule has 1 aromatic heterocycles. The van der Waals surface area contributed by atoms with Gasteiger partial charge in [0.2, 0.25) is 11.6 Å². The second-order valence-electron chi connectivity index (χ2n) is 8.46. The maximum atomic E-state index is 13.8. The molecule has 35 heavy (non-hydrogen) atoms. The van der Waals surface area contributed by atoms with Crippen molar-refractivity contribution in [3.63, 3.8) is 0 Å². The number of nitriles is 1. The highest BCUT2D eigenvalue weighted by molar-refractivity contribution is 5.61. The van der Waals surface area contributed by atoms with Crippen molar-refractivity contribution in [1.82, 2.24) is 4.57 Å². The predicted octanol–water partition coefficient (Wildman–Crippen LogP) is 1.72. The topological polar surface area (TPSA) is 113 Å². The number of ether oxygens (including phenoxy) is 4. The quantitative estimate of drug-likeness (QED) is 0.529. The van der Waals surface area contributed by atoms with Gasteiger partial charge in [-0.3, -0.25) is 4.79 Å². The first-order valence-electron chi connectivity index (χ1n) is 11.8. The fraction of sp³-hybridized carbons (Fsp3) is 0.462. The number of nitrogens with two attached hydrogens (primary N) is 1. The SMILES string of the molecule is CC[NH+](CC)CCCn1c(C)cc2c(c1=O)[C@@H](c1cc(OC)c(OC)c(OC)c1)C(C#N)=C(N)O2. The van der Waals surface area contributed by atoms with Gasteiger partial charge in [-0.05, 0) is 38.5 Å². The summed E-state index contributed by atoms with van der Waals surface area (Å²) in [4.78, 5) is 15.3. The molecular formula is C26H35N4O5+. The van der Waals surface area contributed by atoms with Crippen molar-refractivity contribution in [1.29, 1.82) is 5.26 Å². The van der Waals surface area contributed by atoms with Gasteiger partial charge in [0.25, 0.3) is 5.56 Å². The van der Waals surface area contributed by atoms with E-state index in [0.717, 1.165) is 31.7 Å². The van der Waals surface area contributed by atoms with E-state index in [1.54, 1.807) is 16.7 Å². The summed E-state index contributed by atoms with van der Waals surface area (Å²) >= 11 is 0. The van der Waals surface area contributed by atoms with Crippen LogP contribution in [0.2, 0.25) is 0 Å². The van der Waals surface area contributed by atoms with Crippen molar-refractivity contribution in [2.24, 2.45) is 5.73 Å². The maximum Gasteiger partial charge on any atom is 0.258 e. The molecule has 188 valence electrons. The molecule has 1 aliphatic rings. The minimum atomic E-state index is -0.745. The fourth-order valence-corrected chi connectivity index (χ4v) is 4.66. The van der Waals surface area contributed by atoms with Crippen LogP contribution < -0.4 is 35.1 Å². The second kappa shape index (κ2) is 11.2. The summed E-state index contributed by atoms with van der Waals surface area (Å²) in [5, 5.41) is 9.98. The van der Waals surface area contributed by atoms with E-state index in [1.807, 2.05) is 13.0 Å². The zero-order chi connectivity index (χ0) is 25.7. The number of benzene rings is 1. The third-order valence-electron chi connectivity index (χ3n) is 6.62. The van der Waals surface area contributed by atoms with Gasteiger partial charge in [0.1, 0.15) is 17.4 Å². The van der Waals surface area contributed by atoms with E-state index in [9.17, 15) is 10.1 Å². The average molecular weight is 484 g/mol. The molecule has 2 aromatic rings. The van der Waals surface area contributed by atoms with Gasteiger partial charge in [0.05, 0.1) is 52.4 Å². The van der Waals surface area contributed by atoms with E-state index in [0.29, 0.717) is 40.7 Å². The molecule has 0 unspecified atom stereocenters. The Morgan fingerprint density at radius 3 is 2.26 bits per heavy atom. The van der Waals surface area contributed by atoms with Crippen LogP contribution in [0.1, 0.15) is 43.0 Å². The zero-order valence-electron chi connectivity index (χ0n) is 21.4. The lowest BCUT2D eigenvalue weighted by Gasteiger charge is -2.28. The number of nitrogens with zero attached hydrogens (tertiary/aromatic N) is 2. The standard InChI is InChI=1S/C26H34N4O5/c1-7-29(8-2)10-9-11-30-16(3)12-19-23(26(30)31)22(18(15-27)25(28)35-19)17-13-20(32-4)24(34-6)21(14-17)33-5/h12-14,22H,7-11,28H2,1-6H3/p+1/t22-/m0/s1. The van der Waals surface area contributed by atoms with E-state index in [1.165, 1.54) is 26.2 Å². The molecule has 0 saturated carbocycles. The van der Waals surface area contributed by atoms with Crippen LogP contribution in [0.5, 0.6) is 23.0 Å². The predicted molar refractivity (Wildman–Crippen MR) is 132 cm³/mol. The van der Waals surface area contributed by atoms with E-state index in [2.05, 4.69) is 19.9 Å².